The maximum atomic E-state index is 6.09. The number of nitrogens with zero attached hydrogens (tertiary/aromatic N) is 6. The molecule has 0 saturated carbocycles. The summed E-state index contributed by atoms with van der Waals surface area (Å²) in [4.78, 5) is 20.6. The van der Waals surface area contributed by atoms with Gasteiger partial charge in [-0.3, -0.25) is 4.98 Å². The van der Waals surface area contributed by atoms with Crippen LogP contribution in [0, 0.1) is 0 Å². The number of benzene rings is 1. The smallest absolute Gasteiger partial charge is 0.222 e. The van der Waals surface area contributed by atoms with Crippen molar-refractivity contribution in [3.63, 3.8) is 0 Å². The van der Waals surface area contributed by atoms with Gasteiger partial charge in [-0.15, -0.1) is 0 Å². The molecule has 0 atom stereocenters. The Labute approximate surface area is 182 Å². The van der Waals surface area contributed by atoms with E-state index in [0.29, 0.717) is 0 Å². The van der Waals surface area contributed by atoms with Crippen LogP contribution < -0.4 is 5.73 Å². The van der Waals surface area contributed by atoms with Gasteiger partial charge in [-0.05, 0) is 56.1 Å². The lowest BCUT2D eigenvalue weighted by Gasteiger charge is -2.26. The van der Waals surface area contributed by atoms with Gasteiger partial charge < -0.3 is 15.2 Å². The number of likely N-dealkylation sites (tertiary alicyclic amines) is 1. The summed E-state index contributed by atoms with van der Waals surface area (Å²) in [6, 6.07) is 12.5. The Morgan fingerprint density at radius 3 is 2.55 bits per heavy atom. The number of hydrogen-bond donors (Lipinski definition) is 1. The highest BCUT2D eigenvalue weighted by atomic mass is 15.2. The van der Waals surface area contributed by atoms with Crippen LogP contribution in [0.4, 0.5) is 5.95 Å². The normalized spacial score (nSPS) is 14.9. The van der Waals surface area contributed by atoms with Gasteiger partial charge in [-0.1, -0.05) is 24.6 Å². The van der Waals surface area contributed by atoms with Crippen LogP contribution in [-0.2, 0) is 13.5 Å². The number of hydrogen-bond acceptors (Lipinski definition) is 6. The molecule has 0 bridgehead atoms. The van der Waals surface area contributed by atoms with Crippen molar-refractivity contribution in [2.45, 2.75) is 25.7 Å². The van der Waals surface area contributed by atoms with Crippen LogP contribution in [0.25, 0.3) is 33.8 Å². The van der Waals surface area contributed by atoms with Crippen molar-refractivity contribution in [3.05, 3.63) is 54.4 Å². The third-order valence-electron chi connectivity index (χ3n) is 6.04. The summed E-state index contributed by atoms with van der Waals surface area (Å²) >= 11 is 0. The summed E-state index contributed by atoms with van der Waals surface area (Å²) in [5.74, 6) is 1.07. The molecule has 2 N–H and O–H groups in total. The van der Waals surface area contributed by atoms with Crippen LogP contribution in [0.5, 0.6) is 0 Å². The second kappa shape index (κ2) is 8.43. The number of aromatic nitrogens is 5. The highest BCUT2D eigenvalue weighted by molar-refractivity contribution is 5.90. The molecule has 158 valence electrons. The molecule has 0 spiro atoms. The lowest BCUT2D eigenvalue weighted by Crippen LogP contribution is -2.31. The summed E-state index contributed by atoms with van der Waals surface area (Å²) in [6.45, 7) is 3.53. The summed E-state index contributed by atoms with van der Waals surface area (Å²) < 4.78 is 1.96. The number of imidazole rings is 1. The predicted molar refractivity (Wildman–Crippen MR) is 123 cm³/mol. The average Bonchev–Trinajstić information content (AvgIpc) is 3.15. The third-order valence-corrected chi connectivity index (χ3v) is 6.04. The van der Waals surface area contributed by atoms with Crippen molar-refractivity contribution in [1.82, 2.24) is 29.4 Å². The lowest BCUT2D eigenvalue weighted by molar-refractivity contribution is 0.231. The number of pyridine rings is 1. The fourth-order valence-electron chi connectivity index (χ4n) is 4.38. The van der Waals surface area contributed by atoms with E-state index < -0.39 is 0 Å². The van der Waals surface area contributed by atoms with E-state index in [9.17, 15) is 0 Å². The highest BCUT2D eigenvalue weighted by Gasteiger charge is 2.18. The van der Waals surface area contributed by atoms with Gasteiger partial charge in [0.1, 0.15) is 17.0 Å². The van der Waals surface area contributed by atoms with Crippen LogP contribution in [0.15, 0.2) is 48.8 Å². The first kappa shape index (κ1) is 19.6. The Balaban J connectivity index is 1.51. The van der Waals surface area contributed by atoms with Gasteiger partial charge in [0.15, 0.2) is 5.65 Å². The van der Waals surface area contributed by atoms with Crippen LogP contribution in [-0.4, -0.2) is 49.0 Å². The molecule has 31 heavy (non-hydrogen) atoms. The van der Waals surface area contributed by atoms with Crippen molar-refractivity contribution in [2.75, 3.05) is 25.4 Å². The molecule has 0 amide bonds. The number of anilines is 1. The number of nitrogen functional groups attached to an aromatic ring is 1. The Morgan fingerprint density at radius 1 is 0.935 bits per heavy atom. The highest BCUT2D eigenvalue weighted by Crippen LogP contribution is 2.30. The summed E-state index contributed by atoms with van der Waals surface area (Å²) in [5, 5.41) is 0. The van der Waals surface area contributed by atoms with Gasteiger partial charge in [-0.2, -0.15) is 4.98 Å². The quantitative estimate of drug-likeness (QED) is 0.537. The van der Waals surface area contributed by atoms with Crippen molar-refractivity contribution < 1.29 is 0 Å². The molecule has 0 unspecified atom stereocenters. The zero-order valence-corrected chi connectivity index (χ0v) is 17.8. The molecular weight excluding hydrogens is 386 g/mol. The molecule has 1 aliphatic heterocycles. The molecule has 7 nitrogen and oxygen atoms in total. The largest absolute Gasteiger partial charge is 0.368 e. The van der Waals surface area contributed by atoms with Crippen molar-refractivity contribution in [2.24, 2.45) is 7.05 Å². The number of aryl methyl sites for hydroxylation is 1. The van der Waals surface area contributed by atoms with Gasteiger partial charge in [0.05, 0.1) is 0 Å². The topological polar surface area (TPSA) is 85.8 Å². The van der Waals surface area contributed by atoms with E-state index in [1.165, 1.54) is 37.9 Å². The SMILES string of the molecule is Cn1c(-c2ccncc2)nc2c(-c3cccc(CCN4CCCCC4)c3)nc(N)nc21. The second-order valence-corrected chi connectivity index (χ2v) is 8.19. The fourth-order valence-corrected chi connectivity index (χ4v) is 4.38. The minimum atomic E-state index is 0.255. The van der Waals surface area contributed by atoms with Gasteiger partial charge in [-0.25, -0.2) is 9.97 Å². The molecule has 5 rings (SSSR count). The van der Waals surface area contributed by atoms with E-state index in [1.807, 2.05) is 23.7 Å². The maximum absolute atomic E-state index is 6.09. The Kier molecular flexibility index (Phi) is 5.34. The first-order valence-corrected chi connectivity index (χ1v) is 10.9. The van der Waals surface area contributed by atoms with Crippen LogP contribution in [0.3, 0.4) is 0 Å². The van der Waals surface area contributed by atoms with Gasteiger partial charge in [0.25, 0.3) is 0 Å². The number of nitrogens with two attached hydrogens (primary N) is 1. The van der Waals surface area contributed by atoms with Crippen molar-refractivity contribution >= 4 is 17.1 Å². The predicted octanol–water partition coefficient (Wildman–Crippen LogP) is 3.70. The number of piperidine rings is 1. The Morgan fingerprint density at radius 2 is 1.74 bits per heavy atom. The van der Waals surface area contributed by atoms with Gasteiger partial charge in [0, 0.05) is 37.1 Å². The molecule has 1 saturated heterocycles. The maximum Gasteiger partial charge on any atom is 0.222 e. The molecule has 0 aliphatic carbocycles. The van der Waals surface area contributed by atoms with E-state index in [-0.39, 0.29) is 5.95 Å². The molecule has 1 fully saturated rings. The molecule has 1 aromatic carbocycles. The summed E-state index contributed by atoms with van der Waals surface area (Å²) in [7, 11) is 1.95. The molecular formula is C24H27N7. The van der Waals surface area contributed by atoms with E-state index in [2.05, 4.69) is 44.1 Å². The minimum Gasteiger partial charge on any atom is -0.368 e. The first-order chi connectivity index (χ1) is 15.2. The van der Waals surface area contributed by atoms with E-state index in [0.717, 1.165) is 46.8 Å². The molecule has 3 aromatic heterocycles. The molecule has 4 heterocycles. The summed E-state index contributed by atoms with van der Waals surface area (Å²) in [5.41, 5.74) is 11.7. The third kappa shape index (κ3) is 4.01. The fraction of sp³-hybridized carbons (Fsp3) is 0.333. The molecule has 4 aromatic rings. The lowest BCUT2D eigenvalue weighted by atomic mass is 10.0. The standard InChI is InChI=1S/C24H27N7/c1-30-22(18-8-11-26-12-9-18)27-21-20(28-24(25)29-23(21)30)19-7-5-6-17(16-19)10-15-31-13-3-2-4-14-31/h5-9,11-12,16H,2-4,10,13-15H2,1H3,(H2,25,28,29). The van der Waals surface area contributed by atoms with Crippen molar-refractivity contribution in [1.29, 1.82) is 0 Å². The number of fused-ring (bicyclic) bond motifs is 1. The zero-order chi connectivity index (χ0) is 21.2. The van der Waals surface area contributed by atoms with Gasteiger partial charge >= 0.3 is 0 Å². The Hall–Kier alpha value is -3.32. The molecule has 1 aliphatic rings. The zero-order valence-electron chi connectivity index (χ0n) is 17.8. The molecule has 7 heteroatoms. The second-order valence-electron chi connectivity index (χ2n) is 8.19. The van der Waals surface area contributed by atoms with Crippen LogP contribution in [0.2, 0.25) is 0 Å². The summed E-state index contributed by atoms with van der Waals surface area (Å²) in [6.07, 6.45) is 8.56. The first-order valence-electron chi connectivity index (χ1n) is 10.9. The van der Waals surface area contributed by atoms with Crippen LogP contribution in [0.1, 0.15) is 24.8 Å². The van der Waals surface area contributed by atoms with Gasteiger partial charge in [0.2, 0.25) is 5.95 Å². The van der Waals surface area contributed by atoms with E-state index in [1.54, 1.807) is 12.4 Å². The van der Waals surface area contributed by atoms with Crippen LogP contribution >= 0.6 is 0 Å². The van der Waals surface area contributed by atoms with E-state index in [4.69, 9.17) is 10.7 Å². The monoisotopic (exact) mass is 413 g/mol. The minimum absolute atomic E-state index is 0.255. The molecule has 0 radical (unpaired) electrons. The average molecular weight is 414 g/mol. The van der Waals surface area contributed by atoms with Crippen molar-refractivity contribution in [3.8, 4) is 22.6 Å². The number of rotatable bonds is 5. The van der Waals surface area contributed by atoms with E-state index >= 15 is 0 Å². The Bertz CT molecular complexity index is 1190.